The lowest BCUT2D eigenvalue weighted by Gasteiger charge is -2.06. The molecule has 0 saturated heterocycles. The highest BCUT2D eigenvalue weighted by Crippen LogP contribution is 2.15. The molecular formula is C12H9F3N2OS. The third-order valence-electron chi connectivity index (χ3n) is 2.39. The molecule has 1 aromatic heterocycles. The summed E-state index contributed by atoms with van der Waals surface area (Å²) in [4.78, 5) is 15.6. The number of nitrogens with one attached hydrogen (secondary N) is 1. The summed E-state index contributed by atoms with van der Waals surface area (Å²) in [5, 5.41) is 5.05. The van der Waals surface area contributed by atoms with Gasteiger partial charge in [0.25, 0.3) is 5.91 Å². The van der Waals surface area contributed by atoms with Gasteiger partial charge in [0.05, 0.1) is 10.6 Å². The van der Waals surface area contributed by atoms with E-state index in [2.05, 4.69) is 10.3 Å². The van der Waals surface area contributed by atoms with E-state index in [0.717, 1.165) is 11.1 Å². The van der Waals surface area contributed by atoms with Gasteiger partial charge in [-0.1, -0.05) is 0 Å². The summed E-state index contributed by atoms with van der Waals surface area (Å²) >= 11 is 1.43. The van der Waals surface area contributed by atoms with Gasteiger partial charge in [-0.3, -0.25) is 4.79 Å². The van der Waals surface area contributed by atoms with Crippen molar-refractivity contribution in [2.75, 3.05) is 6.54 Å². The Kier molecular flexibility index (Phi) is 4.16. The molecule has 1 N–H and O–H groups in total. The molecule has 2 aromatic rings. The number of aromatic nitrogens is 1. The Hall–Kier alpha value is -1.89. The lowest BCUT2D eigenvalue weighted by atomic mass is 10.2. The fraction of sp³-hybridized carbons (Fsp3) is 0.167. The van der Waals surface area contributed by atoms with Crippen molar-refractivity contribution >= 4 is 17.2 Å². The topological polar surface area (TPSA) is 42.0 Å². The molecule has 0 aliphatic heterocycles. The van der Waals surface area contributed by atoms with Crippen molar-refractivity contribution in [1.29, 1.82) is 0 Å². The van der Waals surface area contributed by atoms with Crippen LogP contribution in [0, 0.1) is 17.5 Å². The molecule has 0 spiro atoms. The summed E-state index contributed by atoms with van der Waals surface area (Å²) in [6.07, 6.45) is 2.13. The molecule has 0 bridgehead atoms. The van der Waals surface area contributed by atoms with Gasteiger partial charge in [0, 0.05) is 24.5 Å². The highest BCUT2D eigenvalue weighted by molar-refractivity contribution is 7.09. The largest absolute Gasteiger partial charge is 0.352 e. The van der Waals surface area contributed by atoms with Crippen LogP contribution in [0.5, 0.6) is 0 Å². The Morgan fingerprint density at radius 1 is 1.26 bits per heavy atom. The average Bonchev–Trinajstić information content (AvgIpc) is 2.89. The lowest BCUT2D eigenvalue weighted by Crippen LogP contribution is -2.27. The number of thiazole rings is 1. The molecule has 1 aromatic carbocycles. The summed E-state index contributed by atoms with van der Waals surface area (Å²) in [7, 11) is 0. The van der Waals surface area contributed by atoms with E-state index in [-0.39, 0.29) is 6.54 Å². The molecule has 3 nitrogen and oxygen atoms in total. The van der Waals surface area contributed by atoms with Crippen LogP contribution < -0.4 is 5.32 Å². The van der Waals surface area contributed by atoms with E-state index in [1.807, 2.05) is 0 Å². The van der Waals surface area contributed by atoms with Crippen LogP contribution in [0.1, 0.15) is 15.4 Å². The number of halogens is 3. The van der Waals surface area contributed by atoms with E-state index in [0.29, 0.717) is 12.5 Å². The first-order valence-corrected chi connectivity index (χ1v) is 6.27. The van der Waals surface area contributed by atoms with Crippen LogP contribution in [0.3, 0.4) is 0 Å². The Morgan fingerprint density at radius 2 is 2.05 bits per heavy atom. The molecule has 0 saturated carbocycles. The monoisotopic (exact) mass is 286 g/mol. The molecule has 2 rings (SSSR count). The van der Waals surface area contributed by atoms with Crippen LogP contribution in [0.25, 0.3) is 0 Å². The van der Waals surface area contributed by atoms with Gasteiger partial charge in [0.2, 0.25) is 0 Å². The maximum Gasteiger partial charge on any atom is 0.254 e. The highest BCUT2D eigenvalue weighted by Gasteiger charge is 2.18. The molecule has 0 radical (unpaired) electrons. The van der Waals surface area contributed by atoms with Crippen molar-refractivity contribution in [3.63, 3.8) is 0 Å². The number of benzene rings is 1. The minimum atomic E-state index is -1.65. The number of rotatable bonds is 4. The fourth-order valence-electron chi connectivity index (χ4n) is 1.46. The smallest absolute Gasteiger partial charge is 0.254 e. The minimum absolute atomic E-state index is 0.241. The zero-order chi connectivity index (χ0) is 13.8. The Bertz CT molecular complexity index is 587. The molecule has 1 amide bonds. The number of carbonyl (C=O) groups excluding carboxylic acids is 1. The van der Waals surface area contributed by atoms with Gasteiger partial charge in [-0.25, -0.2) is 18.2 Å². The number of hydrogen-bond acceptors (Lipinski definition) is 3. The molecule has 0 aliphatic rings. The lowest BCUT2D eigenvalue weighted by molar-refractivity contribution is 0.0949. The first kappa shape index (κ1) is 13.5. The number of carbonyl (C=O) groups is 1. The number of hydrogen-bond donors (Lipinski definition) is 1. The molecule has 0 atom stereocenters. The van der Waals surface area contributed by atoms with Crippen molar-refractivity contribution in [2.24, 2.45) is 0 Å². The first-order chi connectivity index (χ1) is 9.09. The number of nitrogens with zero attached hydrogens (tertiary/aromatic N) is 1. The van der Waals surface area contributed by atoms with Gasteiger partial charge >= 0.3 is 0 Å². The van der Waals surface area contributed by atoms with Gasteiger partial charge in [-0.2, -0.15) is 0 Å². The minimum Gasteiger partial charge on any atom is -0.352 e. The predicted octanol–water partition coefficient (Wildman–Crippen LogP) is 2.53. The second kappa shape index (κ2) is 5.83. The van der Waals surface area contributed by atoms with E-state index >= 15 is 0 Å². The molecule has 100 valence electrons. The molecule has 0 aliphatic carbocycles. The summed E-state index contributed by atoms with van der Waals surface area (Å²) in [6.45, 7) is 0.241. The van der Waals surface area contributed by atoms with Crippen molar-refractivity contribution in [1.82, 2.24) is 10.3 Å². The first-order valence-electron chi connectivity index (χ1n) is 5.39. The van der Waals surface area contributed by atoms with Gasteiger partial charge in [-0.15, -0.1) is 11.3 Å². The Morgan fingerprint density at radius 3 is 2.74 bits per heavy atom. The van der Waals surface area contributed by atoms with E-state index in [1.54, 1.807) is 11.6 Å². The molecule has 7 heteroatoms. The van der Waals surface area contributed by atoms with Crippen LogP contribution >= 0.6 is 11.3 Å². The molecule has 19 heavy (non-hydrogen) atoms. The van der Waals surface area contributed by atoms with E-state index in [9.17, 15) is 18.0 Å². The highest BCUT2D eigenvalue weighted by atomic mass is 32.1. The van der Waals surface area contributed by atoms with Gasteiger partial charge < -0.3 is 5.32 Å². The van der Waals surface area contributed by atoms with Gasteiger partial charge in [0.1, 0.15) is 0 Å². The Labute approximate surface area is 111 Å². The zero-order valence-electron chi connectivity index (χ0n) is 9.62. The van der Waals surface area contributed by atoms with Gasteiger partial charge in [-0.05, 0) is 12.1 Å². The van der Waals surface area contributed by atoms with Crippen molar-refractivity contribution in [3.8, 4) is 0 Å². The molecule has 0 unspecified atom stereocenters. The third-order valence-corrected chi connectivity index (χ3v) is 3.23. The standard InChI is InChI=1S/C12H9F3N2OS/c13-8-2-1-7(10(14)11(8)15)12(18)17-4-3-9-16-5-6-19-9/h1-2,5-6H,3-4H2,(H,17,18). The molecule has 1 heterocycles. The van der Waals surface area contributed by atoms with E-state index in [1.165, 1.54) is 11.3 Å². The average molecular weight is 286 g/mol. The van der Waals surface area contributed by atoms with Crippen LogP contribution in [0.4, 0.5) is 13.2 Å². The maximum atomic E-state index is 13.3. The van der Waals surface area contributed by atoms with E-state index in [4.69, 9.17) is 0 Å². The van der Waals surface area contributed by atoms with Crippen molar-refractivity contribution < 1.29 is 18.0 Å². The summed E-state index contributed by atoms with van der Waals surface area (Å²) in [6, 6.07) is 1.63. The number of amides is 1. The maximum absolute atomic E-state index is 13.3. The summed E-state index contributed by atoms with van der Waals surface area (Å²) in [5.41, 5.74) is -0.516. The van der Waals surface area contributed by atoms with Crippen LogP contribution in [-0.2, 0) is 6.42 Å². The molecular weight excluding hydrogens is 277 g/mol. The van der Waals surface area contributed by atoms with Crippen LogP contribution in [-0.4, -0.2) is 17.4 Å². The summed E-state index contributed by atoms with van der Waals surface area (Å²) < 4.78 is 39.0. The van der Waals surface area contributed by atoms with Crippen molar-refractivity contribution in [3.05, 3.63) is 51.7 Å². The summed E-state index contributed by atoms with van der Waals surface area (Å²) in [5.74, 6) is -5.23. The van der Waals surface area contributed by atoms with Crippen LogP contribution in [0.15, 0.2) is 23.7 Å². The second-order valence-electron chi connectivity index (χ2n) is 3.65. The third kappa shape index (κ3) is 3.11. The van der Waals surface area contributed by atoms with Gasteiger partial charge in [0.15, 0.2) is 17.5 Å². The second-order valence-corrected chi connectivity index (χ2v) is 4.63. The zero-order valence-corrected chi connectivity index (χ0v) is 10.4. The molecule has 0 fully saturated rings. The normalized spacial score (nSPS) is 10.5. The SMILES string of the molecule is O=C(NCCc1nccs1)c1ccc(F)c(F)c1F. The van der Waals surface area contributed by atoms with Crippen molar-refractivity contribution in [2.45, 2.75) is 6.42 Å². The Balaban J connectivity index is 1.98. The predicted molar refractivity (Wildman–Crippen MR) is 64.5 cm³/mol. The van der Waals surface area contributed by atoms with Crippen LogP contribution in [0.2, 0.25) is 0 Å². The quantitative estimate of drug-likeness (QED) is 0.878. The fourth-order valence-corrected chi connectivity index (χ4v) is 2.08. The van der Waals surface area contributed by atoms with E-state index < -0.39 is 28.9 Å².